The third-order valence-electron chi connectivity index (χ3n) is 6.22. The first-order valence-electron chi connectivity index (χ1n) is 15.3. The highest BCUT2D eigenvalue weighted by atomic mass is 32.3. The Morgan fingerprint density at radius 1 is 0.732 bits per heavy atom. The summed E-state index contributed by atoms with van der Waals surface area (Å²) < 4.78 is 116. The predicted molar refractivity (Wildman–Crippen MR) is 212 cm³/mol. The highest BCUT2D eigenvalue weighted by Crippen LogP contribution is 2.36. The van der Waals surface area contributed by atoms with Crippen LogP contribution in [0.3, 0.4) is 0 Å². The van der Waals surface area contributed by atoms with Gasteiger partial charge in [0.05, 0.1) is 27.2 Å². The first kappa shape index (κ1) is 50.2. The first-order valence-corrected chi connectivity index (χ1v) is 23.6. The number of aromatic nitrogens is 4. The van der Waals surface area contributed by atoms with E-state index in [1.165, 1.54) is 34.0 Å². The van der Waals surface area contributed by atoms with Crippen LogP contribution in [0, 0.1) is 13.8 Å². The van der Waals surface area contributed by atoms with Gasteiger partial charge in [-0.3, -0.25) is 4.55 Å². The van der Waals surface area contributed by atoms with E-state index in [1.807, 2.05) is 13.0 Å². The van der Waals surface area contributed by atoms with Crippen molar-refractivity contribution in [1.82, 2.24) is 19.9 Å². The molecular weight excluding hydrogens is 866 g/mol. The number of nitrogen functional groups attached to an aromatic ring is 4. The van der Waals surface area contributed by atoms with Crippen LogP contribution in [0.15, 0.2) is 67.2 Å². The molecule has 2 heterocycles. The van der Waals surface area contributed by atoms with Crippen LogP contribution in [-0.2, 0) is 57.6 Å². The Hall–Kier alpha value is -3.79. The van der Waals surface area contributed by atoms with Gasteiger partial charge in [-0.05, 0) is 55.5 Å². The van der Waals surface area contributed by atoms with Crippen LogP contribution in [0.4, 0.5) is 36.7 Å². The standard InChI is InChI=1S/C14H18N4O2S2.C13H16N4S.C2H6O5S2.CHF3O2S/c1-4-9-5-8(2)12(22(3,19)20)6-10(9)21-11-7-17-14(16)18-13(11)15;1-3-9-6-8(2)4-5-10(9)18-11-7-16-13(15)17-12(11)14;1-8(3,4)7-9(2,5)6;2-1(3,4)7(5)6/h5-7H,4H2,1-3H3,(H4,15,16,17,18);4-7H,3H2,1-2H3,(H4,14,15,16,17);1-2H3;(H,5,6). The molecule has 1 atom stereocenters. The molecule has 0 saturated heterocycles. The summed E-state index contributed by atoms with van der Waals surface area (Å²) in [7, 11) is -11.0. The molecule has 0 aliphatic carbocycles. The normalized spacial score (nSPS) is 12.2. The number of hydrogen-bond donors (Lipinski definition) is 5. The fourth-order valence-electron chi connectivity index (χ4n) is 4.00. The van der Waals surface area contributed by atoms with Gasteiger partial charge in [0.25, 0.3) is 31.3 Å². The fraction of sp³-hybridized carbons (Fsp3) is 0.333. The molecule has 0 bridgehead atoms. The van der Waals surface area contributed by atoms with E-state index in [1.54, 1.807) is 37.1 Å². The van der Waals surface area contributed by atoms with Crippen molar-refractivity contribution in [3.63, 3.8) is 0 Å². The fourth-order valence-corrected chi connectivity index (χ4v) is 8.81. The smallest absolute Gasteiger partial charge is 0.383 e. The molecule has 2 aromatic heterocycles. The predicted octanol–water partition coefficient (Wildman–Crippen LogP) is 4.38. The van der Waals surface area contributed by atoms with Crippen molar-refractivity contribution < 1.29 is 50.8 Å². The quantitative estimate of drug-likeness (QED) is 0.146. The Bertz CT molecular complexity index is 2320. The maximum Gasteiger partial charge on any atom is 0.496 e. The Balaban J connectivity index is 0.000000411. The van der Waals surface area contributed by atoms with Crippen LogP contribution in [0.25, 0.3) is 0 Å². The van der Waals surface area contributed by atoms with E-state index in [9.17, 15) is 38.4 Å². The van der Waals surface area contributed by atoms with Crippen molar-refractivity contribution in [2.24, 2.45) is 0 Å². The summed E-state index contributed by atoms with van der Waals surface area (Å²) in [5, 5.41) is 0. The number of benzene rings is 2. The van der Waals surface area contributed by atoms with E-state index in [2.05, 4.69) is 55.6 Å². The van der Waals surface area contributed by atoms with Crippen molar-refractivity contribution in [2.45, 2.75) is 70.5 Å². The molecule has 4 aromatic rings. The van der Waals surface area contributed by atoms with Gasteiger partial charge in [0.2, 0.25) is 11.9 Å². The molecule has 17 nitrogen and oxygen atoms in total. The third kappa shape index (κ3) is 18.4. The lowest BCUT2D eigenvalue weighted by Crippen LogP contribution is -2.14. The molecule has 0 saturated carbocycles. The van der Waals surface area contributed by atoms with E-state index in [0.717, 1.165) is 33.8 Å². The van der Waals surface area contributed by atoms with Gasteiger partial charge in [0.1, 0.15) is 11.6 Å². The molecule has 0 aliphatic heterocycles. The second-order valence-electron chi connectivity index (χ2n) is 11.1. The molecule has 26 heteroatoms. The van der Waals surface area contributed by atoms with E-state index in [4.69, 9.17) is 31.7 Å². The number of rotatable bonds is 9. The SMILES string of the molecule is CCc1cc(C)c(S(C)(=O)=O)cc1Sc1cnc(N)nc1N.CCc1cc(C)ccc1Sc1cnc(N)nc1N.CS(=O)(=O)OS(C)(=O)=O.O=S(O)C(F)(F)F. The number of hydrogen-bond acceptors (Lipinski definition) is 18. The Morgan fingerprint density at radius 3 is 1.48 bits per heavy atom. The highest BCUT2D eigenvalue weighted by molar-refractivity contribution is 8.00. The van der Waals surface area contributed by atoms with Crippen LogP contribution in [0.2, 0.25) is 0 Å². The molecule has 56 heavy (non-hydrogen) atoms. The third-order valence-corrected chi connectivity index (χ3v) is 12.1. The summed E-state index contributed by atoms with van der Waals surface area (Å²) in [5.41, 5.74) is 22.0. The zero-order valence-corrected chi connectivity index (χ0v) is 35.7. The lowest BCUT2D eigenvalue weighted by molar-refractivity contribution is -0.0446. The molecule has 1 unspecified atom stereocenters. The molecular formula is C30H41F3N8O9S6. The van der Waals surface area contributed by atoms with Gasteiger partial charge in [-0.1, -0.05) is 61.1 Å². The van der Waals surface area contributed by atoms with Gasteiger partial charge in [-0.15, -0.1) is 3.63 Å². The summed E-state index contributed by atoms with van der Waals surface area (Å²) in [6, 6.07) is 9.97. The summed E-state index contributed by atoms with van der Waals surface area (Å²) in [6.07, 6.45) is 7.50. The minimum atomic E-state index is -4.97. The lowest BCUT2D eigenvalue weighted by atomic mass is 10.1. The highest BCUT2D eigenvalue weighted by Gasteiger charge is 2.35. The van der Waals surface area contributed by atoms with Gasteiger partial charge in [-0.25, -0.2) is 22.6 Å². The number of sulfone groups is 1. The number of nitrogens with zero attached hydrogens (tertiary/aromatic N) is 4. The van der Waals surface area contributed by atoms with Crippen LogP contribution >= 0.6 is 23.5 Å². The molecule has 312 valence electrons. The number of nitrogens with two attached hydrogens (primary N) is 4. The summed E-state index contributed by atoms with van der Waals surface area (Å²) >= 11 is -0.763. The second-order valence-corrected chi connectivity index (χ2v) is 19.6. The monoisotopic (exact) mass is 906 g/mol. The lowest BCUT2D eigenvalue weighted by Gasteiger charge is -2.13. The average molecular weight is 907 g/mol. The minimum absolute atomic E-state index is 0.110. The molecule has 2 aromatic carbocycles. The van der Waals surface area contributed by atoms with Crippen LogP contribution < -0.4 is 22.9 Å². The van der Waals surface area contributed by atoms with Crippen LogP contribution in [0.1, 0.15) is 36.1 Å². The van der Waals surface area contributed by atoms with Crippen molar-refractivity contribution in [1.29, 1.82) is 0 Å². The van der Waals surface area contributed by atoms with Gasteiger partial charge in [0.15, 0.2) is 9.84 Å². The molecule has 4 rings (SSSR count). The van der Waals surface area contributed by atoms with E-state index < -0.39 is 46.7 Å². The van der Waals surface area contributed by atoms with Crippen molar-refractivity contribution in [2.75, 3.05) is 41.7 Å². The molecule has 0 spiro atoms. The summed E-state index contributed by atoms with van der Waals surface area (Å²) in [4.78, 5) is 19.6. The number of alkyl halides is 3. The van der Waals surface area contributed by atoms with Gasteiger partial charge in [0, 0.05) is 28.4 Å². The zero-order chi connectivity index (χ0) is 43.4. The van der Waals surface area contributed by atoms with Crippen molar-refractivity contribution >= 4 is 88.2 Å². The Labute approximate surface area is 334 Å². The molecule has 0 radical (unpaired) electrons. The summed E-state index contributed by atoms with van der Waals surface area (Å²) in [6.45, 7) is 8.04. The Morgan fingerprint density at radius 2 is 1.14 bits per heavy atom. The molecule has 9 N–H and O–H groups in total. The summed E-state index contributed by atoms with van der Waals surface area (Å²) in [5.74, 6) is 1.02. The molecule has 0 fully saturated rings. The second kappa shape index (κ2) is 21.1. The largest absolute Gasteiger partial charge is 0.496 e. The van der Waals surface area contributed by atoms with E-state index >= 15 is 0 Å². The number of halogens is 3. The van der Waals surface area contributed by atoms with Crippen molar-refractivity contribution in [3.8, 4) is 0 Å². The van der Waals surface area contributed by atoms with Gasteiger partial charge >= 0.3 is 5.51 Å². The maximum atomic E-state index is 11.9. The maximum absolute atomic E-state index is 11.9. The van der Waals surface area contributed by atoms with Gasteiger partial charge in [-0.2, -0.15) is 40.0 Å². The molecule has 0 amide bonds. The zero-order valence-electron chi connectivity index (χ0n) is 30.9. The van der Waals surface area contributed by atoms with E-state index in [-0.39, 0.29) is 17.7 Å². The minimum Gasteiger partial charge on any atom is -0.383 e. The van der Waals surface area contributed by atoms with E-state index in [0.29, 0.717) is 28.1 Å². The topological polar surface area (TPSA) is 305 Å². The average Bonchev–Trinajstić information content (AvgIpc) is 3.03. The van der Waals surface area contributed by atoms with Crippen LogP contribution in [-0.4, -0.2) is 78.2 Å². The molecule has 0 aliphatic rings. The number of aryl methyl sites for hydroxylation is 4. The first-order chi connectivity index (χ1) is 25.5. The Kier molecular flexibility index (Phi) is 18.9. The number of anilines is 4. The van der Waals surface area contributed by atoms with Crippen molar-refractivity contribution in [3.05, 3.63) is 65.0 Å². The van der Waals surface area contributed by atoms with Gasteiger partial charge < -0.3 is 22.9 Å². The van der Waals surface area contributed by atoms with Crippen LogP contribution in [0.5, 0.6) is 0 Å².